The molecule has 2 aromatic carbocycles. The summed E-state index contributed by atoms with van der Waals surface area (Å²) in [6.07, 6.45) is 0.885. The number of hydrogen-bond donors (Lipinski definition) is 2. The van der Waals surface area contributed by atoms with Crippen LogP contribution in [0.2, 0.25) is 0 Å². The molecule has 0 radical (unpaired) electrons. The second-order valence-corrected chi connectivity index (χ2v) is 6.30. The van der Waals surface area contributed by atoms with Crippen molar-refractivity contribution in [3.05, 3.63) is 59.7 Å². The van der Waals surface area contributed by atoms with Gasteiger partial charge in [0.25, 0.3) is 0 Å². The number of rotatable bonds is 5. The molecule has 25 heavy (non-hydrogen) atoms. The van der Waals surface area contributed by atoms with Crippen molar-refractivity contribution in [3.8, 4) is 5.75 Å². The predicted molar refractivity (Wildman–Crippen MR) is 96.5 cm³/mol. The third-order valence-electron chi connectivity index (χ3n) is 4.35. The van der Waals surface area contributed by atoms with Gasteiger partial charge in [-0.3, -0.25) is 9.59 Å². The second kappa shape index (κ2) is 7.38. The summed E-state index contributed by atoms with van der Waals surface area (Å²) in [7, 11) is 0. The first-order chi connectivity index (χ1) is 12.0. The molecule has 5 nitrogen and oxygen atoms in total. The molecule has 0 spiro atoms. The highest BCUT2D eigenvalue weighted by Crippen LogP contribution is 2.26. The minimum Gasteiger partial charge on any atom is -0.486 e. The van der Waals surface area contributed by atoms with Gasteiger partial charge < -0.3 is 15.4 Å². The zero-order valence-electron chi connectivity index (χ0n) is 14.4. The van der Waals surface area contributed by atoms with E-state index in [-0.39, 0.29) is 17.9 Å². The lowest BCUT2D eigenvalue weighted by Gasteiger charge is -2.17. The van der Waals surface area contributed by atoms with E-state index < -0.39 is 6.04 Å². The van der Waals surface area contributed by atoms with Crippen LogP contribution in [0.1, 0.15) is 37.0 Å². The Kier molecular flexibility index (Phi) is 5.03. The van der Waals surface area contributed by atoms with Crippen LogP contribution in [0.5, 0.6) is 5.75 Å². The summed E-state index contributed by atoms with van der Waals surface area (Å²) in [5, 5.41) is 5.55. The molecule has 1 fully saturated rings. The average Bonchev–Trinajstić information content (AvgIpc) is 3.04. The van der Waals surface area contributed by atoms with E-state index in [1.165, 1.54) is 0 Å². The quantitative estimate of drug-likeness (QED) is 0.878. The van der Waals surface area contributed by atoms with Crippen molar-refractivity contribution in [2.45, 2.75) is 38.8 Å². The van der Waals surface area contributed by atoms with Crippen molar-refractivity contribution in [1.29, 1.82) is 0 Å². The highest BCUT2D eigenvalue weighted by atomic mass is 16.5. The summed E-state index contributed by atoms with van der Waals surface area (Å²) in [5.74, 6) is 0.497. The second-order valence-electron chi connectivity index (χ2n) is 6.30. The van der Waals surface area contributed by atoms with Crippen molar-refractivity contribution in [2.24, 2.45) is 0 Å². The summed E-state index contributed by atoms with van der Waals surface area (Å²) in [6.45, 7) is 3.92. The fraction of sp³-hybridized carbons (Fsp3) is 0.300. The van der Waals surface area contributed by atoms with Gasteiger partial charge in [-0.15, -0.1) is 0 Å². The van der Waals surface area contributed by atoms with E-state index in [1.807, 2.05) is 62.4 Å². The van der Waals surface area contributed by atoms with Crippen LogP contribution in [-0.4, -0.2) is 17.9 Å². The van der Waals surface area contributed by atoms with E-state index >= 15 is 0 Å². The van der Waals surface area contributed by atoms with Crippen LogP contribution in [-0.2, 0) is 9.59 Å². The number of ether oxygens (including phenoxy) is 1. The molecule has 1 saturated heterocycles. The summed E-state index contributed by atoms with van der Waals surface area (Å²) in [5.41, 5.74) is 2.75. The first-order valence-corrected chi connectivity index (χ1v) is 8.45. The number of carbonyl (C=O) groups excluding carboxylic acids is 2. The van der Waals surface area contributed by atoms with Gasteiger partial charge in [-0.1, -0.05) is 30.3 Å². The maximum Gasteiger partial charge on any atom is 0.246 e. The maximum atomic E-state index is 12.2. The van der Waals surface area contributed by atoms with Crippen molar-refractivity contribution in [3.63, 3.8) is 0 Å². The fourth-order valence-corrected chi connectivity index (χ4v) is 2.88. The normalized spacial score (nSPS) is 17.7. The largest absolute Gasteiger partial charge is 0.486 e. The number of amides is 2. The number of benzene rings is 2. The van der Waals surface area contributed by atoms with Crippen LogP contribution < -0.4 is 15.4 Å². The molecule has 2 amide bonds. The molecule has 1 heterocycles. The van der Waals surface area contributed by atoms with Crippen LogP contribution in [0.15, 0.2) is 48.5 Å². The molecule has 3 rings (SSSR count). The zero-order chi connectivity index (χ0) is 17.8. The molecule has 0 unspecified atom stereocenters. The minimum absolute atomic E-state index is 0.0604. The molecular formula is C20H22N2O3. The summed E-state index contributed by atoms with van der Waals surface area (Å²) < 4.78 is 5.99. The topological polar surface area (TPSA) is 67.4 Å². The Labute approximate surface area is 147 Å². The van der Waals surface area contributed by atoms with Crippen LogP contribution in [0, 0.1) is 6.92 Å². The molecule has 2 atom stereocenters. The van der Waals surface area contributed by atoms with Crippen molar-refractivity contribution < 1.29 is 14.3 Å². The lowest BCUT2D eigenvalue weighted by Crippen LogP contribution is -2.37. The smallest absolute Gasteiger partial charge is 0.246 e. The number of hydrogen-bond acceptors (Lipinski definition) is 3. The molecule has 1 aliphatic rings. The third-order valence-corrected chi connectivity index (χ3v) is 4.35. The van der Waals surface area contributed by atoms with Crippen LogP contribution in [0.3, 0.4) is 0 Å². The Bertz CT molecular complexity index is 774. The van der Waals surface area contributed by atoms with Gasteiger partial charge in [0.2, 0.25) is 11.8 Å². The Hall–Kier alpha value is -2.82. The predicted octanol–water partition coefficient (Wildman–Crippen LogP) is 3.35. The lowest BCUT2D eigenvalue weighted by atomic mass is 10.1. The van der Waals surface area contributed by atoms with Crippen molar-refractivity contribution in [2.75, 3.05) is 5.32 Å². The van der Waals surface area contributed by atoms with E-state index in [0.29, 0.717) is 12.8 Å². The number of aryl methyl sites for hydroxylation is 1. The van der Waals surface area contributed by atoms with E-state index in [2.05, 4.69) is 10.6 Å². The molecule has 2 aromatic rings. The third kappa shape index (κ3) is 4.18. The molecule has 0 saturated carbocycles. The summed E-state index contributed by atoms with van der Waals surface area (Å²) in [4.78, 5) is 23.4. The average molecular weight is 338 g/mol. The van der Waals surface area contributed by atoms with Gasteiger partial charge >= 0.3 is 0 Å². The van der Waals surface area contributed by atoms with Gasteiger partial charge in [-0.2, -0.15) is 0 Å². The molecule has 1 aliphatic heterocycles. The SMILES string of the molecule is Cc1cc(O[C@H](C)c2ccccc2)ccc1NC(=O)[C@H]1CCC(=O)N1. The van der Waals surface area contributed by atoms with Crippen LogP contribution in [0.25, 0.3) is 0 Å². The molecule has 0 aromatic heterocycles. The highest BCUT2D eigenvalue weighted by molar-refractivity contribution is 5.99. The van der Waals surface area contributed by atoms with Crippen LogP contribution >= 0.6 is 0 Å². The van der Waals surface area contributed by atoms with Gasteiger partial charge in [0.1, 0.15) is 17.9 Å². The van der Waals surface area contributed by atoms with Crippen molar-refractivity contribution in [1.82, 2.24) is 5.32 Å². The van der Waals surface area contributed by atoms with Crippen molar-refractivity contribution >= 4 is 17.5 Å². The van der Waals surface area contributed by atoms with Gasteiger partial charge in [-0.25, -0.2) is 0 Å². The Morgan fingerprint density at radius 1 is 1.24 bits per heavy atom. The fourth-order valence-electron chi connectivity index (χ4n) is 2.88. The van der Waals surface area contributed by atoms with E-state index in [4.69, 9.17) is 4.74 Å². The van der Waals surface area contributed by atoms with Gasteiger partial charge in [0.05, 0.1) is 0 Å². The number of anilines is 1. The zero-order valence-corrected chi connectivity index (χ0v) is 14.4. The van der Waals surface area contributed by atoms with E-state index in [1.54, 1.807) is 0 Å². The number of carbonyl (C=O) groups is 2. The molecule has 0 bridgehead atoms. The Morgan fingerprint density at radius 3 is 2.64 bits per heavy atom. The first kappa shape index (κ1) is 17.0. The number of nitrogens with one attached hydrogen (secondary N) is 2. The summed E-state index contributed by atoms with van der Waals surface area (Å²) in [6, 6.07) is 15.1. The molecule has 2 N–H and O–H groups in total. The van der Waals surface area contributed by atoms with Gasteiger partial charge in [0, 0.05) is 12.1 Å². The van der Waals surface area contributed by atoms with Gasteiger partial charge in [-0.05, 0) is 49.6 Å². The van der Waals surface area contributed by atoms with Crippen LogP contribution in [0.4, 0.5) is 5.69 Å². The Morgan fingerprint density at radius 2 is 2.00 bits per heavy atom. The standard InChI is InChI=1S/C20H22N2O3/c1-13-12-16(25-14(2)15-6-4-3-5-7-15)8-9-17(13)22-20(24)18-10-11-19(23)21-18/h3-9,12,14,18H,10-11H2,1-2H3,(H,21,23)(H,22,24)/t14-,18-/m1/s1. The highest BCUT2D eigenvalue weighted by Gasteiger charge is 2.27. The molecule has 5 heteroatoms. The molecular weight excluding hydrogens is 316 g/mol. The maximum absolute atomic E-state index is 12.2. The summed E-state index contributed by atoms with van der Waals surface area (Å²) >= 11 is 0. The van der Waals surface area contributed by atoms with Gasteiger partial charge in [0.15, 0.2) is 0 Å². The van der Waals surface area contributed by atoms with E-state index in [0.717, 1.165) is 22.6 Å². The Balaban J connectivity index is 1.64. The lowest BCUT2D eigenvalue weighted by molar-refractivity contribution is -0.122. The molecule has 130 valence electrons. The first-order valence-electron chi connectivity index (χ1n) is 8.45. The molecule has 0 aliphatic carbocycles. The monoisotopic (exact) mass is 338 g/mol. The minimum atomic E-state index is -0.444. The van der Waals surface area contributed by atoms with E-state index in [9.17, 15) is 9.59 Å².